The molecule has 2 bridgehead atoms. The van der Waals surface area contributed by atoms with Gasteiger partial charge in [0.1, 0.15) is 0 Å². The lowest BCUT2D eigenvalue weighted by Gasteiger charge is -2.28. The zero-order valence-corrected chi connectivity index (χ0v) is 5.90. The van der Waals surface area contributed by atoms with Crippen molar-refractivity contribution in [2.45, 2.75) is 12.5 Å². The summed E-state index contributed by atoms with van der Waals surface area (Å²) < 4.78 is 17.8. The number of ether oxygens (including phenoxy) is 1. The smallest absolute Gasteiger partial charge is 0.0985 e. The number of halogens is 1. The van der Waals surface area contributed by atoms with Gasteiger partial charge in [0.15, 0.2) is 0 Å². The zero-order chi connectivity index (χ0) is 7.03. The molecule has 0 aliphatic carbocycles. The maximum absolute atomic E-state index is 12.4. The number of hydrogen-bond acceptors (Lipinski definition) is 2. The number of piperidine rings is 1. The Morgan fingerprint density at radius 3 is 3.30 bits per heavy atom. The Morgan fingerprint density at radius 1 is 1.70 bits per heavy atom. The zero-order valence-electron chi connectivity index (χ0n) is 5.90. The lowest BCUT2D eigenvalue weighted by Crippen LogP contribution is -2.43. The van der Waals surface area contributed by atoms with E-state index in [1.54, 1.807) is 0 Å². The molecule has 2 aliphatic rings. The summed E-state index contributed by atoms with van der Waals surface area (Å²) in [6.07, 6.45) is 1.20. The van der Waals surface area contributed by atoms with Crippen molar-refractivity contribution in [3.63, 3.8) is 0 Å². The van der Waals surface area contributed by atoms with Crippen LogP contribution in [0.3, 0.4) is 0 Å². The van der Waals surface area contributed by atoms with Crippen molar-refractivity contribution in [2.24, 2.45) is 5.41 Å². The third kappa shape index (κ3) is 0.847. The largest absolute Gasteiger partial charge is 0.376 e. The molecule has 58 valence electrons. The topological polar surface area (TPSA) is 21.3 Å². The molecule has 2 atom stereocenters. The van der Waals surface area contributed by atoms with Crippen molar-refractivity contribution in [3.05, 3.63) is 0 Å². The van der Waals surface area contributed by atoms with Crippen LogP contribution in [0.5, 0.6) is 0 Å². The Hall–Kier alpha value is -0.150. The maximum Gasteiger partial charge on any atom is 0.0985 e. The number of fused-ring (bicyclic) bond motifs is 2. The highest BCUT2D eigenvalue weighted by Gasteiger charge is 2.43. The minimum Gasteiger partial charge on any atom is -0.376 e. The van der Waals surface area contributed by atoms with E-state index in [0.717, 1.165) is 19.5 Å². The van der Waals surface area contributed by atoms with Crippen LogP contribution >= 0.6 is 0 Å². The van der Waals surface area contributed by atoms with E-state index in [4.69, 9.17) is 4.74 Å². The molecule has 2 fully saturated rings. The molecule has 2 nitrogen and oxygen atoms in total. The summed E-state index contributed by atoms with van der Waals surface area (Å²) in [6, 6.07) is 0. The maximum atomic E-state index is 12.4. The Bertz CT molecular complexity index is 138. The average Bonchev–Trinajstić information content (AvgIpc) is 2.29. The molecule has 0 aromatic heterocycles. The van der Waals surface area contributed by atoms with Crippen LogP contribution < -0.4 is 5.32 Å². The molecule has 0 aromatic rings. The Morgan fingerprint density at radius 2 is 2.60 bits per heavy atom. The molecule has 0 amide bonds. The second-order valence-electron chi connectivity index (χ2n) is 3.40. The van der Waals surface area contributed by atoms with E-state index in [0.29, 0.717) is 6.61 Å². The SMILES string of the molecule is FCC12CNCC(C1)OC2. The normalized spacial score (nSPS) is 45.9. The summed E-state index contributed by atoms with van der Waals surface area (Å²) in [5.41, 5.74) is -0.164. The molecule has 10 heavy (non-hydrogen) atoms. The predicted octanol–water partition coefficient (Wildman–Crippen LogP) is 0.334. The number of rotatable bonds is 1. The lowest BCUT2D eigenvalue weighted by molar-refractivity contribution is 0.108. The van der Waals surface area contributed by atoms with Crippen molar-refractivity contribution in [1.29, 1.82) is 0 Å². The Labute approximate surface area is 59.7 Å². The van der Waals surface area contributed by atoms with E-state index in [1.165, 1.54) is 0 Å². The molecule has 2 unspecified atom stereocenters. The third-order valence-corrected chi connectivity index (χ3v) is 2.44. The van der Waals surface area contributed by atoms with Crippen LogP contribution in [0.1, 0.15) is 6.42 Å². The lowest BCUT2D eigenvalue weighted by atomic mass is 9.84. The van der Waals surface area contributed by atoms with E-state index in [-0.39, 0.29) is 18.2 Å². The van der Waals surface area contributed by atoms with Crippen molar-refractivity contribution in [3.8, 4) is 0 Å². The second kappa shape index (κ2) is 2.17. The van der Waals surface area contributed by atoms with Crippen LogP contribution in [0.15, 0.2) is 0 Å². The van der Waals surface area contributed by atoms with Gasteiger partial charge in [0.2, 0.25) is 0 Å². The highest BCUT2D eigenvalue weighted by atomic mass is 19.1. The molecule has 0 spiro atoms. The van der Waals surface area contributed by atoms with Crippen molar-refractivity contribution in [2.75, 3.05) is 26.4 Å². The highest BCUT2D eigenvalue weighted by Crippen LogP contribution is 2.34. The minimum atomic E-state index is -0.240. The van der Waals surface area contributed by atoms with Gasteiger partial charge in [-0.3, -0.25) is 4.39 Å². The molecule has 2 heterocycles. The van der Waals surface area contributed by atoms with Crippen molar-refractivity contribution in [1.82, 2.24) is 5.32 Å². The predicted molar refractivity (Wildman–Crippen MR) is 35.6 cm³/mol. The number of hydrogen-bond donors (Lipinski definition) is 1. The van der Waals surface area contributed by atoms with Crippen LogP contribution in [0.2, 0.25) is 0 Å². The molecule has 2 rings (SSSR count). The highest BCUT2D eigenvalue weighted by molar-refractivity contribution is 4.94. The van der Waals surface area contributed by atoms with Gasteiger partial charge in [0.25, 0.3) is 0 Å². The van der Waals surface area contributed by atoms with E-state index >= 15 is 0 Å². The molecule has 0 radical (unpaired) electrons. The van der Waals surface area contributed by atoms with Gasteiger partial charge in [-0.2, -0.15) is 0 Å². The Balaban J connectivity index is 2.10. The van der Waals surface area contributed by atoms with Crippen LogP contribution in [-0.2, 0) is 4.74 Å². The van der Waals surface area contributed by atoms with E-state index in [1.807, 2.05) is 0 Å². The number of alkyl halides is 1. The van der Waals surface area contributed by atoms with Crippen LogP contribution in [0.25, 0.3) is 0 Å². The van der Waals surface area contributed by atoms with Gasteiger partial charge < -0.3 is 10.1 Å². The molecule has 3 heteroatoms. The van der Waals surface area contributed by atoms with E-state index < -0.39 is 0 Å². The first-order valence-electron chi connectivity index (χ1n) is 3.73. The van der Waals surface area contributed by atoms with Gasteiger partial charge in [-0.05, 0) is 6.42 Å². The molecule has 2 saturated heterocycles. The summed E-state index contributed by atoms with van der Waals surface area (Å²) in [5.74, 6) is 0. The van der Waals surface area contributed by atoms with Gasteiger partial charge in [-0.1, -0.05) is 0 Å². The second-order valence-corrected chi connectivity index (χ2v) is 3.40. The molecular formula is C7H12FNO. The van der Waals surface area contributed by atoms with E-state index in [2.05, 4.69) is 5.32 Å². The van der Waals surface area contributed by atoms with Gasteiger partial charge in [0.05, 0.1) is 19.4 Å². The number of nitrogens with one attached hydrogen (secondary N) is 1. The van der Waals surface area contributed by atoms with Gasteiger partial charge >= 0.3 is 0 Å². The molecule has 0 saturated carbocycles. The van der Waals surface area contributed by atoms with Gasteiger partial charge in [-0.25, -0.2) is 0 Å². The first-order valence-corrected chi connectivity index (χ1v) is 3.73. The monoisotopic (exact) mass is 145 g/mol. The molecular weight excluding hydrogens is 133 g/mol. The fraction of sp³-hybridized carbons (Fsp3) is 1.00. The summed E-state index contributed by atoms with van der Waals surface area (Å²) in [6.45, 7) is 2.07. The van der Waals surface area contributed by atoms with Gasteiger partial charge in [0, 0.05) is 18.5 Å². The standard InChI is InChI=1S/C7H12FNO/c8-3-7-1-6(10-5-7)2-9-4-7/h6,9H,1-5H2. The molecule has 2 aliphatic heterocycles. The van der Waals surface area contributed by atoms with Crippen LogP contribution in [0.4, 0.5) is 4.39 Å². The summed E-state index contributed by atoms with van der Waals surface area (Å²) in [4.78, 5) is 0. The fourth-order valence-corrected chi connectivity index (χ4v) is 1.79. The van der Waals surface area contributed by atoms with Crippen LogP contribution in [0, 0.1) is 5.41 Å². The summed E-state index contributed by atoms with van der Waals surface area (Å²) >= 11 is 0. The third-order valence-electron chi connectivity index (χ3n) is 2.44. The summed E-state index contributed by atoms with van der Waals surface area (Å²) in [5, 5.41) is 3.17. The van der Waals surface area contributed by atoms with Crippen LogP contribution in [-0.4, -0.2) is 32.5 Å². The van der Waals surface area contributed by atoms with Crippen molar-refractivity contribution < 1.29 is 9.13 Å². The fourth-order valence-electron chi connectivity index (χ4n) is 1.79. The quantitative estimate of drug-likeness (QED) is 0.574. The van der Waals surface area contributed by atoms with Crippen molar-refractivity contribution >= 4 is 0 Å². The first kappa shape index (κ1) is 6.55. The average molecular weight is 145 g/mol. The Kier molecular flexibility index (Phi) is 1.42. The first-order chi connectivity index (χ1) is 4.85. The van der Waals surface area contributed by atoms with Gasteiger partial charge in [-0.15, -0.1) is 0 Å². The minimum absolute atomic E-state index is 0.164. The molecule has 1 N–H and O–H groups in total. The summed E-state index contributed by atoms with van der Waals surface area (Å²) in [7, 11) is 0. The molecule has 0 aromatic carbocycles. The van der Waals surface area contributed by atoms with E-state index in [9.17, 15) is 4.39 Å².